The van der Waals surface area contributed by atoms with Gasteiger partial charge in [0.05, 0.1) is 0 Å². The second kappa shape index (κ2) is 6.23. The number of hydrogen-bond acceptors (Lipinski definition) is 1. The smallest absolute Gasteiger partial charge is 0.0483 e. The van der Waals surface area contributed by atoms with Crippen LogP contribution >= 0.6 is 11.6 Å². The van der Waals surface area contributed by atoms with E-state index >= 15 is 0 Å². The number of aryl methyl sites for hydroxylation is 2. The van der Waals surface area contributed by atoms with Gasteiger partial charge in [-0.15, -0.1) is 0 Å². The highest BCUT2D eigenvalue weighted by atomic mass is 35.5. The first-order valence-electron chi connectivity index (χ1n) is 6.70. The summed E-state index contributed by atoms with van der Waals surface area (Å²) in [5.74, 6) is 0. The molecule has 2 aromatic rings. The first-order chi connectivity index (χ1) is 9.11. The number of rotatable bonds is 4. The quantitative estimate of drug-likeness (QED) is 0.875. The first-order valence-corrected chi connectivity index (χ1v) is 7.08. The van der Waals surface area contributed by atoms with Crippen molar-refractivity contribution in [2.75, 3.05) is 0 Å². The lowest BCUT2D eigenvalue weighted by molar-refractivity contribution is 0.721. The van der Waals surface area contributed by atoms with Gasteiger partial charge < -0.3 is 5.73 Å². The zero-order valence-corrected chi connectivity index (χ0v) is 12.2. The van der Waals surface area contributed by atoms with Gasteiger partial charge in [-0.3, -0.25) is 0 Å². The lowest BCUT2D eigenvalue weighted by Crippen LogP contribution is -2.14. The molecule has 0 aliphatic carbocycles. The molecule has 1 unspecified atom stereocenters. The van der Waals surface area contributed by atoms with Crippen LogP contribution < -0.4 is 5.73 Å². The minimum atomic E-state index is -0.0557. The van der Waals surface area contributed by atoms with Gasteiger partial charge in [0.2, 0.25) is 0 Å². The maximum Gasteiger partial charge on any atom is 0.0483 e. The second-order valence-corrected chi connectivity index (χ2v) is 5.34. The Labute approximate surface area is 120 Å². The Morgan fingerprint density at radius 2 is 1.68 bits per heavy atom. The Balaban J connectivity index is 2.15. The van der Waals surface area contributed by atoms with Crippen molar-refractivity contribution in [3.63, 3.8) is 0 Å². The molecule has 2 rings (SSSR count). The Morgan fingerprint density at radius 1 is 1.05 bits per heavy atom. The van der Waals surface area contributed by atoms with Gasteiger partial charge in [-0.1, -0.05) is 61.0 Å². The third-order valence-corrected chi connectivity index (χ3v) is 4.02. The van der Waals surface area contributed by atoms with Crippen LogP contribution in [-0.2, 0) is 12.8 Å². The Hall–Kier alpha value is -1.31. The molecule has 2 N–H and O–H groups in total. The molecular weight excluding hydrogens is 254 g/mol. The van der Waals surface area contributed by atoms with E-state index in [-0.39, 0.29) is 6.04 Å². The molecule has 0 aromatic heterocycles. The van der Waals surface area contributed by atoms with E-state index in [0.717, 1.165) is 29.0 Å². The van der Waals surface area contributed by atoms with Crippen LogP contribution in [0, 0.1) is 6.92 Å². The molecule has 2 aromatic carbocycles. The fraction of sp³-hybridized carbons (Fsp3) is 0.294. The van der Waals surface area contributed by atoms with Crippen molar-refractivity contribution in [1.29, 1.82) is 0 Å². The molecule has 0 amide bonds. The lowest BCUT2D eigenvalue weighted by Gasteiger charge is -2.15. The van der Waals surface area contributed by atoms with Crippen LogP contribution in [0.25, 0.3) is 0 Å². The molecule has 2 heteroatoms. The van der Waals surface area contributed by atoms with E-state index in [9.17, 15) is 0 Å². The fourth-order valence-electron chi connectivity index (χ4n) is 2.23. The van der Waals surface area contributed by atoms with Gasteiger partial charge >= 0.3 is 0 Å². The molecule has 100 valence electrons. The average molecular weight is 274 g/mol. The highest BCUT2D eigenvalue weighted by molar-refractivity contribution is 6.32. The minimum absolute atomic E-state index is 0.0557. The summed E-state index contributed by atoms with van der Waals surface area (Å²) in [6.07, 6.45) is 1.88. The number of nitrogens with two attached hydrogens (primary N) is 1. The van der Waals surface area contributed by atoms with Crippen molar-refractivity contribution in [1.82, 2.24) is 0 Å². The summed E-state index contributed by atoms with van der Waals surface area (Å²) in [5.41, 5.74) is 11.0. The van der Waals surface area contributed by atoms with E-state index in [2.05, 4.69) is 31.2 Å². The van der Waals surface area contributed by atoms with Crippen LogP contribution in [-0.4, -0.2) is 0 Å². The number of halogens is 1. The molecule has 1 nitrogen and oxygen atoms in total. The largest absolute Gasteiger partial charge is 0.324 e. The van der Waals surface area contributed by atoms with Crippen molar-refractivity contribution in [2.45, 2.75) is 32.7 Å². The molecule has 1 atom stereocenters. The molecule has 0 bridgehead atoms. The third-order valence-electron chi connectivity index (χ3n) is 3.51. The van der Waals surface area contributed by atoms with Gasteiger partial charge in [0, 0.05) is 11.1 Å². The highest BCUT2D eigenvalue weighted by Crippen LogP contribution is 2.27. The molecule has 0 aliphatic rings. The Bertz CT molecular complexity index is 546. The summed E-state index contributed by atoms with van der Waals surface area (Å²) < 4.78 is 0. The summed E-state index contributed by atoms with van der Waals surface area (Å²) in [4.78, 5) is 0. The molecule has 0 radical (unpaired) electrons. The van der Waals surface area contributed by atoms with E-state index in [0.29, 0.717) is 0 Å². The van der Waals surface area contributed by atoms with Crippen molar-refractivity contribution < 1.29 is 0 Å². The summed E-state index contributed by atoms with van der Waals surface area (Å²) in [6, 6.07) is 14.6. The standard InChI is InChI=1S/C17H20ClN/c1-3-13-7-9-14(10-8-13)11-16(19)15-6-4-5-12(2)17(15)18/h4-10,16H,3,11,19H2,1-2H3. The molecule has 0 aliphatic heterocycles. The molecule has 0 spiro atoms. The van der Waals surface area contributed by atoms with Gasteiger partial charge in [0.25, 0.3) is 0 Å². The van der Waals surface area contributed by atoms with Crippen molar-refractivity contribution in [3.8, 4) is 0 Å². The SMILES string of the molecule is CCc1ccc(CC(N)c2cccc(C)c2Cl)cc1. The maximum atomic E-state index is 6.32. The van der Waals surface area contributed by atoms with Crippen LogP contribution in [0.5, 0.6) is 0 Å². The molecule has 19 heavy (non-hydrogen) atoms. The molecule has 0 heterocycles. The van der Waals surface area contributed by atoms with Crippen LogP contribution in [0.3, 0.4) is 0 Å². The van der Waals surface area contributed by atoms with E-state index in [1.54, 1.807) is 0 Å². The van der Waals surface area contributed by atoms with Crippen LogP contribution in [0.1, 0.15) is 35.2 Å². The zero-order valence-electron chi connectivity index (χ0n) is 11.5. The predicted molar refractivity (Wildman–Crippen MR) is 82.6 cm³/mol. The summed E-state index contributed by atoms with van der Waals surface area (Å²) in [6.45, 7) is 4.17. The van der Waals surface area contributed by atoms with Gasteiger partial charge in [0.15, 0.2) is 0 Å². The van der Waals surface area contributed by atoms with E-state index in [1.165, 1.54) is 11.1 Å². The monoisotopic (exact) mass is 273 g/mol. The van der Waals surface area contributed by atoms with Crippen LogP contribution in [0.2, 0.25) is 5.02 Å². The first kappa shape index (κ1) is 14.1. The van der Waals surface area contributed by atoms with Crippen molar-refractivity contribution in [2.24, 2.45) is 5.73 Å². The fourth-order valence-corrected chi connectivity index (χ4v) is 2.50. The maximum absolute atomic E-state index is 6.32. The topological polar surface area (TPSA) is 26.0 Å². The van der Waals surface area contributed by atoms with Gasteiger partial charge in [0.1, 0.15) is 0 Å². The Morgan fingerprint density at radius 3 is 2.32 bits per heavy atom. The highest BCUT2D eigenvalue weighted by Gasteiger charge is 2.12. The molecule has 0 saturated heterocycles. The summed E-state index contributed by atoms with van der Waals surface area (Å²) in [5, 5.41) is 0.792. The predicted octanol–water partition coefficient (Wildman–Crippen LogP) is 4.45. The number of hydrogen-bond donors (Lipinski definition) is 1. The summed E-state index contributed by atoms with van der Waals surface area (Å²) in [7, 11) is 0. The van der Waals surface area contributed by atoms with Gasteiger partial charge in [-0.05, 0) is 42.0 Å². The average Bonchev–Trinajstić information content (AvgIpc) is 2.42. The van der Waals surface area contributed by atoms with E-state index in [1.807, 2.05) is 25.1 Å². The molecule has 0 fully saturated rings. The van der Waals surface area contributed by atoms with E-state index < -0.39 is 0 Å². The zero-order chi connectivity index (χ0) is 13.8. The molecular formula is C17H20ClN. The summed E-state index contributed by atoms with van der Waals surface area (Å²) >= 11 is 6.32. The van der Waals surface area contributed by atoms with Crippen LogP contribution in [0.15, 0.2) is 42.5 Å². The minimum Gasteiger partial charge on any atom is -0.324 e. The molecule has 0 saturated carbocycles. The van der Waals surface area contributed by atoms with Crippen LogP contribution in [0.4, 0.5) is 0 Å². The van der Waals surface area contributed by atoms with Gasteiger partial charge in [-0.25, -0.2) is 0 Å². The normalized spacial score (nSPS) is 12.4. The van der Waals surface area contributed by atoms with E-state index in [4.69, 9.17) is 17.3 Å². The lowest BCUT2D eigenvalue weighted by atomic mass is 9.97. The Kier molecular flexibility index (Phi) is 4.62. The van der Waals surface area contributed by atoms with Crippen molar-refractivity contribution in [3.05, 3.63) is 69.7 Å². The second-order valence-electron chi connectivity index (χ2n) is 4.96. The van der Waals surface area contributed by atoms with Gasteiger partial charge in [-0.2, -0.15) is 0 Å². The van der Waals surface area contributed by atoms with Crippen molar-refractivity contribution >= 4 is 11.6 Å². The third kappa shape index (κ3) is 3.37. The number of benzene rings is 2.